The Morgan fingerprint density at radius 1 is 1.27 bits per heavy atom. The van der Waals surface area contributed by atoms with Crippen LogP contribution >= 0.6 is 12.4 Å². The Bertz CT molecular complexity index is 321. The van der Waals surface area contributed by atoms with E-state index in [1.54, 1.807) is 12.1 Å². The van der Waals surface area contributed by atoms with Crippen molar-refractivity contribution in [2.45, 2.75) is 31.1 Å². The average Bonchev–Trinajstić information content (AvgIpc) is 2.67. The van der Waals surface area contributed by atoms with E-state index in [1.165, 1.54) is 18.9 Å². The highest BCUT2D eigenvalue weighted by molar-refractivity contribution is 5.85. The lowest BCUT2D eigenvalue weighted by Crippen LogP contribution is -2.32. The molecule has 2 N–H and O–H groups in total. The molecule has 1 nitrogen and oxygen atoms in total. The number of hydrogen-bond acceptors (Lipinski definition) is 1. The monoisotopic (exact) mass is 229 g/mol. The van der Waals surface area contributed by atoms with Gasteiger partial charge in [-0.2, -0.15) is 0 Å². The van der Waals surface area contributed by atoms with Crippen LogP contribution in [-0.4, -0.2) is 6.54 Å². The number of rotatable bonds is 2. The van der Waals surface area contributed by atoms with Crippen LogP contribution < -0.4 is 5.73 Å². The summed E-state index contributed by atoms with van der Waals surface area (Å²) in [6, 6.07) is 6.91. The van der Waals surface area contributed by atoms with Crippen LogP contribution in [0, 0.1) is 5.82 Å². The molecule has 0 unspecified atom stereocenters. The third-order valence-electron chi connectivity index (χ3n) is 3.39. The number of hydrogen-bond donors (Lipinski definition) is 1. The number of benzene rings is 1. The van der Waals surface area contributed by atoms with Crippen molar-refractivity contribution < 1.29 is 4.39 Å². The first-order valence-corrected chi connectivity index (χ1v) is 5.23. The van der Waals surface area contributed by atoms with Crippen molar-refractivity contribution in [3.8, 4) is 0 Å². The van der Waals surface area contributed by atoms with E-state index in [0.29, 0.717) is 6.54 Å². The standard InChI is InChI=1S/C12H16FN.ClH/c13-11-5-3-4-10(8-11)12(9-14)6-1-2-7-12;/h3-5,8H,1-2,6-7,9,14H2;1H. The molecule has 0 bridgehead atoms. The highest BCUT2D eigenvalue weighted by atomic mass is 35.5. The van der Waals surface area contributed by atoms with Crippen LogP contribution in [0.2, 0.25) is 0 Å². The molecule has 1 aromatic rings. The van der Waals surface area contributed by atoms with Gasteiger partial charge in [0.15, 0.2) is 0 Å². The van der Waals surface area contributed by atoms with Crippen molar-refractivity contribution in [2.24, 2.45) is 5.73 Å². The van der Waals surface area contributed by atoms with Crippen molar-refractivity contribution in [3.05, 3.63) is 35.6 Å². The zero-order valence-corrected chi connectivity index (χ0v) is 9.52. The van der Waals surface area contributed by atoms with Gasteiger partial charge in [-0.25, -0.2) is 4.39 Å². The summed E-state index contributed by atoms with van der Waals surface area (Å²) in [5, 5.41) is 0. The van der Waals surface area contributed by atoms with Gasteiger partial charge in [0.2, 0.25) is 0 Å². The zero-order valence-electron chi connectivity index (χ0n) is 8.71. The summed E-state index contributed by atoms with van der Waals surface area (Å²) in [6.45, 7) is 0.635. The topological polar surface area (TPSA) is 26.0 Å². The lowest BCUT2D eigenvalue weighted by molar-refractivity contribution is 0.449. The van der Waals surface area contributed by atoms with Crippen LogP contribution in [0.4, 0.5) is 4.39 Å². The predicted octanol–water partition coefficient (Wildman–Crippen LogP) is 3.02. The second-order valence-corrected chi connectivity index (χ2v) is 4.20. The van der Waals surface area contributed by atoms with Crippen LogP contribution in [0.5, 0.6) is 0 Å². The molecule has 84 valence electrons. The molecule has 0 atom stereocenters. The Morgan fingerprint density at radius 3 is 2.47 bits per heavy atom. The van der Waals surface area contributed by atoms with Gasteiger partial charge in [0.25, 0.3) is 0 Å². The SMILES string of the molecule is Cl.NCC1(c2cccc(F)c2)CCCC1. The predicted molar refractivity (Wildman–Crippen MR) is 62.8 cm³/mol. The van der Waals surface area contributed by atoms with Gasteiger partial charge in [-0.05, 0) is 30.5 Å². The molecule has 15 heavy (non-hydrogen) atoms. The van der Waals surface area contributed by atoms with Crippen LogP contribution in [0.1, 0.15) is 31.2 Å². The van der Waals surface area contributed by atoms with Crippen molar-refractivity contribution in [2.75, 3.05) is 6.54 Å². The lowest BCUT2D eigenvalue weighted by Gasteiger charge is -2.27. The Morgan fingerprint density at radius 2 is 1.93 bits per heavy atom. The van der Waals surface area contributed by atoms with Crippen LogP contribution in [0.25, 0.3) is 0 Å². The van der Waals surface area contributed by atoms with E-state index in [0.717, 1.165) is 18.4 Å². The van der Waals surface area contributed by atoms with Gasteiger partial charge in [-0.15, -0.1) is 12.4 Å². The maximum atomic E-state index is 13.1. The van der Waals surface area contributed by atoms with Gasteiger partial charge in [0.1, 0.15) is 5.82 Å². The van der Waals surface area contributed by atoms with Crippen molar-refractivity contribution in [1.29, 1.82) is 0 Å². The Hall–Kier alpha value is -0.600. The second kappa shape index (κ2) is 4.95. The van der Waals surface area contributed by atoms with Crippen LogP contribution in [-0.2, 0) is 5.41 Å². The molecule has 0 radical (unpaired) electrons. The third kappa shape index (κ3) is 2.32. The van der Waals surface area contributed by atoms with Gasteiger partial charge in [0.05, 0.1) is 0 Å². The first-order valence-electron chi connectivity index (χ1n) is 5.23. The highest BCUT2D eigenvalue weighted by Crippen LogP contribution is 2.40. The van der Waals surface area contributed by atoms with E-state index in [2.05, 4.69) is 0 Å². The summed E-state index contributed by atoms with van der Waals surface area (Å²) in [4.78, 5) is 0. The zero-order chi connectivity index (χ0) is 10.0. The molecule has 1 aliphatic carbocycles. The summed E-state index contributed by atoms with van der Waals surface area (Å²) < 4.78 is 13.1. The molecular weight excluding hydrogens is 213 g/mol. The summed E-state index contributed by atoms with van der Waals surface area (Å²) in [5.41, 5.74) is 6.97. The Labute approximate surface area is 96.3 Å². The van der Waals surface area contributed by atoms with Gasteiger partial charge in [-0.1, -0.05) is 25.0 Å². The number of nitrogens with two attached hydrogens (primary N) is 1. The summed E-state index contributed by atoms with van der Waals surface area (Å²) in [6.07, 6.45) is 4.64. The molecule has 0 aliphatic heterocycles. The minimum atomic E-state index is -0.151. The maximum absolute atomic E-state index is 13.1. The molecule has 0 heterocycles. The summed E-state index contributed by atoms with van der Waals surface area (Å²) in [5.74, 6) is -0.151. The second-order valence-electron chi connectivity index (χ2n) is 4.20. The van der Waals surface area contributed by atoms with Crippen molar-refractivity contribution in [3.63, 3.8) is 0 Å². The molecular formula is C12H17ClFN. The third-order valence-corrected chi connectivity index (χ3v) is 3.39. The molecule has 2 rings (SSSR count). The normalized spacial score (nSPS) is 18.5. The Balaban J connectivity index is 0.00000112. The van der Waals surface area contributed by atoms with Gasteiger partial charge < -0.3 is 5.73 Å². The number of halogens is 2. The fourth-order valence-corrected chi connectivity index (χ4v) is 2.48. The van der Waals surface area contributed by atoms with E-state index in [9.17, 15) is 4.39 Å². The van der Waals surface area contributed by atoms with Crippen LogP contribution in [0.15, 0.2) is 24.3 Å². The van der Waals surface area contributed by atoms with E-state index in [4.69, 9.17) is 5.73 Å². The largest absolute Gasteiger partial charge is 0.330 e. The molecule has 1 aliphatic rings. The smallest absolute Gasteiger partial charge is 0.123 e. The minimum Gasteiger partial charge on any atom is -0.330 e. The molecule has 0 saturated heterocycles. The summed E-state index contributed by atoms with van der Waals surface area (Å²) in [7, 11) is 0. The lowest BCUT2D eigenvalue weighted by atomic mass is 9.79. The molecule has 3 heteroatoms. The van der Waals surface area contributed by atoms with Crippen molar-refractivity contribution in [1.82, 2.24) is 0 Å². The molecule has 1 fully saturated rings. The summed E-state index contributed by atoms with van der Waals surface area (Å²) >= 11 is 0. The quantitative estimate of drug-likeness (QED) is 0.829. The molecule has 0 spiro atoms. The minimum absolute atomic E-state index is 0. The van der Waals surface area contributed by atoms with E-state index < -0.39 is 0 Å². The Kier molecular flexibility index (Phi) is 4.12. The average molecular weight is 230 g/mol. The van der Waals surface area contributed by atoms with Gasteiger partial charge >= 0.3 is 0 Å². The van der Waals surface area contributed by atoms with Gasteiger partial charge in [0, 0.05) is 12.0 Å². The van der Waals surface area contributed by atoms with Crippen molar-refractivity contribution >= 4 is 12.4 Å². The van der Waals surface area contributed by atoms with E-state index >= 15 is 0 Å². The first kappa shape index (κ1) is 12.5. The first-order chi connectivity index (χ1) is 6.77. The van der Waals surface area contributed by atoms with Gasteiger partial charge in [-0.3, -0.25) is 0 Å². The molecule has 1 saturated carbocycles. The highest BCUT2D eigenvalue weighted by Gasteiger charge is 2.34. The van der Waals surface area contributed by atoms with E-state index in [-0.39, 0.29) is 23.6 Å². The van der Waals surface area contributed by atoms with E-state index in [1.807, 2.05) is 6.07 Å². The van der Waals surface area contributed by atoms with Crippen LogP contribution in [0.3, 0.4) is 0 Å². The molecule has 1 aromatic carbocycles. The fourth-order valence-electron chi connectivity index (χ4n) is 2.48. The molecule has 0 aromatic heterocycles. The fraction of sp³-hybridized carbons (Fsp3) is 0.500. The maximum Gasteiger partial charge on any atom is 0.123 e. The molecule has 0 amide bonds.